The van der Waals surface area contributed by atoms with Crippen molar-refractivity contribution in [3.8, 4) is 0 Å². The van der Waals surface area contributed by atoms with Crippen molar-refractivity contribution in [2.45, 2.75) is 45.7 Å². The van der Waals surface area contributed by atoms with Gasteiger partial charge < -0.3 is 10.1 Å². The molecule has 1 atom stereocenters. The van der Waals surface area contributed by atoms with Crippen LogP contribution in [0.3, 0.4) is 0 Å². The van der Waals surface area contributed by atoms with Gasteiger partial charge in [0.1, 0.15) is 0 Å². The highest BCUT2D eigenvalue weighted by atomic mass is 16.5. The van der Waals surface area contributed by atoms with Gasteiger partial charge in [-0.2, -0.15) is 0 Å². The number of ether oxygens (including phenoxy) is 1. The van der Waals surface area contributed by atoms with Crippen molar-refractivity contribution in [3.63, 3.8) is 0 Å². The molecule has 0 aromatic heterocycles. The van der Waals surface area contributed by atoms with E-state index in [9.17, 15) is 0 Å². The molecule has 2 heteroatoms. The van der Waals surface area contributed by atoms with Crippen molar-refractivity contribution in [2.75, 3.05) is 13.2 Å². The Labute approximate surface area is 75.7 Å². The van der Waals surface area contributed by atoms with Crippen LogP contribution in [0.4, 0.5) is 0 Å². The third-order valence-electron chi connectivity index (χ3n) is 2.13. The van der Waals surface area contributed by atoms with Gasteiger partial charge in [-0.3, -0.25) is 0 Å². The van der Waals surface area contributed by atoms with E-state index in [1.807, 2.05) is 0 Å². The quantitative estimate of drug-likeness (QED) is 0.684. The van der Waals surface area contributed by atoms with Crippen LogP contribution < -0.4 is 5.32 Å². The van der Waals surface area contributed by atoms with Crippen LogP contribution in [0.5, 0.6) is 0 Å². The second-order valence-corrected chi connectivity index (χ2v) is 4.87. The van der Waals surface area contributed by atoms with E-state index in [0.29, 0.717) is 6.04 Å². The van der Waals surface area contributed by atoms with Crippen LogP contribution in [0.1, 0.15) is 34.1 Å². The Bertz CT molecular complexity index is 143. The van der Waals surface area contributed by atoms with Crippen LogP contribution in [-0.4, -0.2) is 24.8 Å². The number of morpholine rings is 1. The van der Waals surface area contributed by atoms with E-state index >= 15 is 0 Å². The summed E-state index contributed by atoms with van der Waals surface area (Å²) < 4.78 is 5.54. The van der Waals surface area contributed by atoms with E-state index in [2.05, 4.69) is 33.0 Å². The molecule has 0 saturated carbocycles. The Morgan fingerprint density at radius 1 is 1.50 bits per heavy atom. The molecule has 1 aliphatic rings. The lowest BCUT2D eigenvalue weighted by Crippen LogP contribution is -2.55. The first-order valence-electron chi connectivity index (χ1n) is 4.85. The lowest BCUT2D eigenvalue weighted by Gasteiger charge is -2.37. The first-order valence-corrected chi connectivity index (χ1v) is 4.85. The Hall–Kier alpha value is -0.0800. The van der Waals surface area contributed by atoms with Gasteiger partial charge in [0.05, 0.1) is 13.2 Å². The molecule has 2 nitrogen and oxygen atoms in total. The molecule has 1 fully saturated rings. The molecule has 1 aliphatic heterocycles. The van der Waals surface area contributed by atoms with Crippen LogP contribution in [-0.2, 0) is 4.74 Å². The largest absolute Gasteiger partial charge is 0.378 e. The smallest absolute Gasteiger partial charge is 0.0643 e. The molecule has 12 heavy (non-hydrogen) atoms. The third kappa shape index (κ3) is 3.11. The van der Waals surface area contributed by atoms with Gasteiger partial charge in [-0.25, -0.2) is 0 Å². The zero-order valence-electron chi connectivity index (χ0n) is 8.68. The van der Waals surface area contributed by atoms with Crippen LogP contribution in [0.2, 0.25) is 0 Å². The standard InChI is InChI=1S/C10H21NO/c1-8(2)5-9-6-12-7-10(3,4)11-9/h8-9,11H,5-7H2,1-4H3. The van der Waals surface area contributed by atoms with Gasteiger partial charge in [-0.1, -0.05) is 13.8 Å². The summed E-state index contributed by atoms with van der Waals surface area (Å²) in [5, 5.41) is 3.60. The minimum absolute atomic E-state index is 0.164. The molecule has 72 valence electrons. The van der Waals surface area contributed by atoms with Gasteiger partial charge in [-0.15, -0.1) is 0 Å². The molecule has 1 N–H and O–H groups in total. The Balaban J connectivity index is 2.36. The summed E-state index contributed by atoms with van der Waals surface area (Å²) in [6.45, 7) is 10.6. The predicted molar refractivity (Wildman–Crippen MR) is 51.3 cm³/mol. The minimum Gasteiger partial charge on any atom is -0.378 e. The van der Waals surface area contributed by atoms with E-state index < -0.39 is 0 Å². The molecule has 0 bridgehead atoms. The van der Waals surface area contributed by atoms with Crippen molar-refractivity contribution in [1.29, 1.82) is 0 Å². The maximum absolute atomic E-state index is 5.54. The van der Waals surface area contributed by atoms with Gasteiger partial charge in [-0.05, 0) is 26.2 Å². The van der Waals surface area contributed by atoms with Crippen molar-refractivity contribution in [3.05, 3.63) is 0 Å². The van der Waals surface area contributed by atoms with Gasteiger partial charge >= 0.3 is 0 Å². The molecule has 1 unspecified atom stereocenters. The van der Waals surface area contributed by atoms with Crippen molar-refractivity contribution in [1.82, 2.24) is 5.32 Å². The average molecular weight is 171 g/mol. The van der Waals surface area contributed by atoms with Crippen molar-refractivity contribution in [2.24, 2.45) is 5.92 Å². The topological polar surface area (TPSA) is 21.3 Å². The number of nitrogens with one attached hydrogen (secondary N) is 1. The minimum atomic E-state index is 0.164. The zero-order valence-corrected chi connectivity index (χ0v) is 8.68. The van der Waals surface area contributed by atoms with E-state index in [-0.39, 0.29) is 5.54 Å². The fraction of sp³-hybridized carbons (Fsp3) is 1.00. The fourth-order valence-corrected chi connectivity index (χ4v) is 1.79. The summed E-state index contributed by atoms with van der Waals surface area (Å²) in [4.78, 5) is 0. The summed E-state index contributed by atoms with van der Waals surface area (Å²) >= 11 is 0. The van der Waals surface area contributed by atoms with Crippen molar-refractivity contribution < 1.29 is 4.74 Å². The lowest BCUT2D eigenvalue weighted by atomic mass is 9.98. The summed E-state index contributed by atoms with van der Waals surface area (Å²) in [6, 6.07) is 0.550. The highest BCUT2D eigenvalue weighted by Gasteiger charge is 2.27. The normalized spacial score (nSPS) is 29.2. The summed E-state index contributed by atoms with van der Waals surface area (Å²) in [5.74, 6) is 0.750. The number of hydrogen-bond donors (Lipinski definition) is 1. The van der Waals surface area contributed by atoms with Crippen molar-refractivity contribution >= 4 is 0 Å². The van der Waals surface area contributed by atoms with Gasteiger partial charge in [0.15, 0.2) is 0 Å². The lowest BCUT2D eigenvalue weighted by molar-refractivity contribution is 0.00813. The predicted octanol–water partition coefficient (Wildman–Crippen LogP) is 1.80. The highest BCUT2D eigenvalue weighted by molar-refractivity contribution is 4.86. The van der Waals surface area contributed by atoms with E-state index in [1.54, 1.807) is 0 Å². The van der Waals surface area contributed by atoms with Gasteiger partial charge in [0, 0.05) is 11.6 Å². The molecule has 0 amide bonds. The van der Waals surface area contributed by atoms with Crippen LogP contribution in [0.25, 0.3) is 0 Å². The molecule has 0 spiro atoms. The summed E-state index contributed by atoms with van der Waals surface area (Å²) in [5.41, 5.74) is 0.164. The summed E-state index contributed by atoms with van der Waals surface area (Å²) in [7, 11) is 0. The monoisotopic (exact) mass is 171 g/mol. The fourth-order valence-electron chi connectivity index (χ4n) is 1.79. The molecule has 1 saturated heterocycles. The van der Waals surface area contributed by atoms with Crippen LogP contribution >= 0.6 is 0 Å². The second kappa shape index (κ2) is 3.75. The molecule has 1 rings (SSSR count). The molecule has 0 aromatic rings. The number of rotatable bonds is 2. The summed E-state index contributed by atoms with van der Waals surface area (Å²) in [6.07, 6.45) is 1.21. The van der Waals surface area contributed by atoms with E-state index in [0.717, 1.165) is 19.1 Å². The Kier molecular flexibility index (Phi) is 3.13. The van der Waals surface area contributed by atoms with E-state index in [4.69, 9.17) is 4.74 Å². The van der Waals surface area contributed by atoms with Gasteiger partial charge in [0.25, 0.3) is 0 Å². The zero-order chi connectivity index (χ0) is 9.19. The molecule has 0 radical (unpaired) electrons. The molecular weight excluding hydrogens is 150 g/mol. The average Bonchev–Trinajstić information content (AvgIpc) is 1.82. The molecule has 0 aliphatic carbocycles. The number of hydrogen-bond acceptors (Lipinski definition) is 2. The highest BCUT2D eigenvalue weighted by Crippen LogP contribution is 2.15. The van der Waals surface area contributed by atoms with Crippen LogP contribution in [0, 0.1) is 5.92 Å². The molecule has 0 aromatic carbocycles. The maximum Gasteiger partial charge on any atom is 0.0643 e. The Morgan fingerprint density at radius 2 is 2.17 bits per heavy atom. The molecular formula is C10H21NO. The molecule has 1 heterocycles. The van der Waals surface area contributed by atoms with Crippen LogP contribution in [0.15, 0.2) is 0 Å². The van der Waals surface area contributed by atoms with Gasteiger partial charge in [0.2, 0.25) is 0 Å². The maximum atomic E-state index is 5.54. The van der Waals surface area contributed by atoms with E-state index in [1.165, 1.54) is 6.42 Å². The first-order chi connectivity index (χ1) is 5.49. The second-order valence-electron chi connectivity index (χ2n) is 4.87. The first kappa shape index (κ1) is 10.0. The third-order valence-corrected chi connectivity index (χ3v) is 2.13. The SMILES string of the molecule is CC(C)CC1COCC(C)(C)N1. The Morgan fingerprint density at radius 3 is 2.67 bits per heavy atom.